The Morgan fingerprint density at radius 3 is 2.65 bits per heavy atom. The first kappa shape index (κ1) is 23.9. The minimum atomic E-state index is 0.435. The molecule has 5 aliphatic rings. The molecule has 184 valence electrons. The summed E-state index contributed by atoms with van der Waals surface area (Å²) in [5, 5.41) is 0. The fourth-order valence-corrected chi connectivity index (χ4v) is 7.14. The van der Waals surface area contributed by atoms with Crippen molar-refractivity contribution in [3.63, 3.8) is 0 Å². The Kier molecular flexibility index (Phi) is 7.61. The summed E-state index contributed by atoms with van der Waals surface area (Å²) in [6.07, 6.45) is 26.0. The predicted octanol–water partition coefficient (Wildman–Crippen LogP) is 6.25. The summed E-state index contributed by atoms with van der Waals surface area (Å²) in [5.74, 6) is 0.466. The summed E-state index contributed by atoms with van der Waals surface area (Å²) in [4.78, 5) is 8.13. The average Bonchev–Trinajstić information content (AvgIpc) is 3.16. The molecule has 3 heterocycles. The Hall–Kier alpha value is -1.84. The van der Waals surface area contributed by atoms with Crippen LogP contribution in [0.5, 0.6) is 0 Å². The van der Waals surface area contributed by atoms with Crippen LogP contribution >= 0.6 is 0 Å². The van der Waals surface area contributed by atoms with Gasteiger partial charge < -0.3 is 4.90 Å². The van der Waals surface area contributed by atoms with E-state index in [1.165, 1.54) is 94.4 Å². The molecule has 3 saturated heterocycles. The van der Waals surface area contributed by atoms with E-state index in [0.717, 1.165) is 13.0 Å². The van der Waals surface area contributed by atoms with Gasteiger partial charge in [-0.1, -0.05) is 48.6 Å². The van der Waals surface area contributed by atoms with Gasteiger partial charge in [-0.2, -0.15) is 0 Å². The Labute approximate surface area is 208 Å². The monoisotopic (exact) mass is 459 g/mol. The molecule has 0 radical (unpaired) electrons. The van der Waals surface area contributed by atoms with Crippen LogP contribution in [0.1, 0.15) is 64.7 Å². The molecular formula is C31H45N3. The molecule has 3 heteroatoms. The van der Waals surface area contributed by atoms with Gasteiger partial charge >= 0.3 is 0 Å². The van der Waals surface area contributed by atoms with E-state index in [4.69, 9.17) is 0 Å². The van der Waals surface area contributed by atoms with Gasteiger partial charge in [-0.25, -0.2) is 0 Å². The third-order valence-corrected chi connectivity index (χ3v) is 8.91. The lowest BCUT2D eigenvalue weighted by atomic mass is 9.83. The predicted molar refractivity (Wildman–Crippen MR) is 145 cm³/mol. The number of allylic oxidation sites excluding steroid dienone is 5. The molecule has 2 bridgehead atoms. The Bertz CT molecular complexity index is 884. The van der Waals surface area contributed by atoms with Crippen molar-refractivity contribution in [2.45, 2.75) is 82.8 Å². The van der Waals surface area contributed by atoms with Crippen LogP contribution in [0.15, 0.2) is 72.0 Å². The van der Waals surface area contributed by atoms with Crippen molar-refractivity contribution in [1.82, 2.24) is 14.7 Å². The molecular weight excluding hydrogens is 414 g/mol. The minimum absolute atomic E-state index is 0.435. The molecule has 3 fully saturated rings. The Morgan fingerprint density at radius 1 is 1.09 bits per heavy atom. The summed E-state index contributed by atoms with van der Waals surface area (Å²) in [6.45, 7) is 16.6. The summed E-state index contributed by atoms with van der Waals surface area (Å²) in [5.41, 5.74) is 5.96. The molecule has 5 rings (SSSR count). The number of hydrogen-bond acceptors (Lipinski definition) is 3. The van der Waals surface area contributed by atoms with Gasteiger partial charge in [0.25, 0.3) is 0 Å². The van der Waals surface area contributed by atoms with Gasteiger partial charge in [-0.3, -0.25) is 9.80 Å². The third kappa shape index (κ3) is 5.06. The topological polar surface area (TPSA) is 9.72 Å². The van der Waals surface area contributed by atoms with Crippen molar-refractivity contribution < 1.29 is 0 Å². The normalized spacial score (nSPS) is 31.4. The fraction of sp³-hybridized carbons (Fsp3) is 0.613. The highest BCUT2D eigenvalue weighted by Gasteiger charge is 2.43. The van der Waals surface area contributed by atoms with Gasteiger partial charge in [0.1, 0.15) is 0 Å². The first-order valence-corrected chi connectivity index (χ1v) is 13.9. The quantitative estimate of drug-likeness (QED) is 0.417. The number of likely N-dealkylation sites (tertiary alicyclic amines) is 2. The largest absolute Gasteiger partial charge is 0.375 e. The van der Waals surface area contributed by atoms with E-state index >= 15 is 0 Å². The third-order valence-electron chi connectivity index (χ3n) is 8.91. The van der Waals surface area contributed by atoms with Crippen LogP contribution in [0.4, 0.5) is 0 Å². The van der Waals surface area contributed by atoms with E-state index in [9.17, 15) is 0 Å². The van der Waals surface area contributed by atoms with Gasteiger partial charge in [0.2, 0.25) is 0 Å². The molecule has 0 aromatic heterocycles. The van der Waals surface area contributed by atoms with Crippen molar-refractivity contribution in [3.8, 4) is 0 Å². The summed E-state index contributed by atoms with van der Waals surface area (Å²) >= 11 is 0. The van der Waals surface area contributed by atoms with Crippen LogP contribution in [-0.4, -0.2) is 65.5 Å². The van der Waals surface area contributed by atoms with E-state index in [-0.39, 0.29) is 0 Å². The molecule has 34 heavy (non-hydrogen) atoms. The molecule has 0 aromatic carbocycles. The highest BCUT2D eigenvalue weighted by Crippen LogP contribution is 2.40. The smallest absolute Gasteiger partial charge is 0.0567 e. The molecule has 4 atom stereocenters. The van der Waals surface area contributed by atoms with Gasteiger partial charge in [0.05, 0.1) is 6.04 Å². The van der Waals surface area contributed by atoms with Gasteiger partial charge in [-0.05, 0) is 75.9 Å². The van der Waals surface area contributed by atoms with Gasteiger partial charge in [-0.15, -0.1) is 6.58 Å². The maximum Gasteiger partial charge on any atom is 0.0567 e. The van der Waals surface area contributed by atoms with E-state index in [1.807, 2.05) is 0 Å². The number of hydrogen-bond donors (Lipinski definition) is 0. The van der Waals surface area contributed by atoms with Crippen LogP contribution in [0, 0.1) is 5.92 Å². The summed E-state index contributed by atoms with van der Waals surface area (Å²) in [6, 6.07) is 1.79. The second-order valence-electron chi connectivity index (χ2n) is 11.2. The molecule has 0 aromatic rings. The highest BCUT2D eigenvalue weighted by molar-refractivity contribution is 5.42. The number of nitrogens with zero attached hydrogens (tertiary/aromatic N) is 3. The first-order chi connectivity index (χ1) is 16.6. The lowest BCUT2D eigenvalue weighted by Gasteiger charge is -2.40. The van der Waals surface area contributed by atoms with Crippen LogP contribution in [0.25, 0.3) is 0 Å². The maximum absolute atomic E-state index is 4.54. The number of piperidine rings is 1. The molecule has 3 aliphatic heterocycles. The SMILES string of the molecule is C=CCN1CCC2CCC(C1)N2C(C1=CCC(C(=C)N2CCCCC2)C=C1)C1=CC(C)=CCC1. The fourth-order valence-electron chi connectivity index (χ4n) is 7.14. The minimum Gasteiger partial charge on any atom is -0.375 e. The maximum atomic E-state index is 4.54. The molecule has 2 aliphatic carbocycles. The Balaban J connectivity index is 1.39. The standard InChI is InChI=1S/C31H45N3/c1-4-18-32-21-17-29-15-16-30(23-32)34(29)31(28-10-8-9-24(2)22-28)27-13-11-26(12-14-27)25(3)33-19-6-5-7-20-33/h4,9,11,13-14,22,26,29-31H,1,3,5-8,10,12,15-21,23H2,2H3. The molecule has 0 N–H and O–H groups in total. The number of rotatable bonds is 7. The molecule has 0 spiro atoms. The summed E-state index contributed by atoms with van der Waals surface area (Å²) < 4.78 is 0. The zero-order valence-electron chi connectivity index (χ0n) is 21.4. The van der Waals surface area contributed by atoms with Crippen LogP contribution in [0.3, 0.4) is 0 Å². The lowest BCUT2D eigenvalue weighted by molar-refractivity contribution is 0.164. The van der Waals surface area contributed by atoms with Crippen molar-refractivity contribution >= 4 is 0 Å². The Morgan fingerprint density at radius 2 is 1.91 bits per heavy atom. The van der Waals surface area contributed by atoms with Gasteiger partial charge in [0.15, 0.2) is 0 Å². The van der Waals surface area contributed by atoms with Crippen LogP contribution < -0.4 is 0 Å². The number of fused-ring (bicyclic) bond motifs is 2. The zero-order chi connectivity index (χ0) is 23.5. The van der Waals surface area contributed by atoms with Crippen LogP contribution in [0.2, 0.25) is 0 Å². The van der Waals surface area contributed by atoms with E-state index in [1.54, 1.807) is 5.57 Å². The lowest BCUT2D eigenvalue weighted by Crippen LogP contribution is -2.47. The molecule has 0 saturated carbocycles. The summed E-state index contributed by atoms with van der Waals surface area (Å²) in [7, 11) is 0. The molecule has 3 nitrogen and oxygen atoms in total. The van der Waals surface area contributed by atoms with Crippen molar-refractivity contribution in [3.05, 3.63) is 72.0 Å². The molecule has 0 amide bonds. The van der Waals surface area contributed by atoms with E-state index in [2.05, 4.69) is 71.2 Å². The average molecular weight is 460 g/mol. The molecule has 4 unspecified atom stereocenters. The second kappa shape index (κ2) is 10.8. The van der Waals surface area contributed by atoms with Crippen molar-refractivity contribution in [1.29, 1.82) is 0 Å². The van der Waals surface area contributed by atoms with Crippen molar-refractivity contribution in [2.75, 3.05) is 32.7 Å². The second-order valence-corrected chi connectivity index (χ2v) is 11.2. The highest BCUT2D eigenvalue weighted by atomic mass is 15.3. The first-order valence-electron chi connectivity index (χ1n) is 13.9. The van der Waals surface area contributed by atoms with Crippen LogP contribution in [-0.2, 0) is 0 Å². The van der Waals surface area contributed by atoms with Gasteiger partial charge in [0, 0.05) is 56.4 Å². The van der Waals surface area contributed by atoms with E-state index < -0.39 is 0 Å². The van der Waals surface area contributed by atoms with Crippen molar-refractivity contribution in [2.24, 2.45) is 5.92 Å². The van der Waals surface area contributed by atoms with E-state index in [0.29, 0.717) is 24.0 Å². The zero-order valence-corrected chi connectivity index (χ0v) is 21.4.